The summed E-state index contributed by atoms with van der Waals surface area (Å²) in [6.07, 6.45) is 7.89. The van der Waals surface area contributed by atoms with Gasteiger partial charge in [0.25, 0.3) is 11.8 Å². The normalized spacial score (nSPS) is 13.2. The van der Waals surface area contributed by atoms with Crippen molar-refractivity contribution >= 4 is 47.1 Å². The second kappa shape index (κ2) is 14.5. The molecule has 4 aromatic carbocycles. The molecule has 0 bridgehead atoms. The molecule has 0 fully saturated rings. The molecule has 0 aromatic heterocycles. The third-order valence-electron chi connectivity index (χ3n) is 8.80. The van der Waals surface area contributed by atoms with E-state index in [1.807, 2.05) is 48.5 Å². The molecule has 6 rings (SSSR count). The van der Waals surface area contributed by atoms with Gasteiger partial charge in [-0.1, -0.05) is 69.7 Å². The number of rotatable bonds is 13. The molecule has 0 unspecified atom stereocenters. The number of carbonyl (C=O) groups excluding carboxylic acids is 6. The Balaban J connectivity index is 1.14. The number of fused-ring (bicyclic) bond motifs is 2. The Hall–Kier alpha value is -5.90. The van der Waals surface area contributed by atoms with Crippen LogP contribution >= 0.6 is 0 Å². The lowest BCUT2D eigenvalue weighted by Crippen LogP contribution is -2.13. The molecule has 0 saturated heterocycles. The van der Waals surface area contributed by atoms with Crippen LogP contribution in [0.25, 0.3) is 0 Å². The highest BCUT2D eigenvalue weighted by Gasteiger charge is 2.31. The minimum Gasteiger partial charge on any atom is -0.386 e. The third-order valence-corrected chi connectivity index (χ3v) is 8.80. The number of hydrogen-bond acceptors (Lipinski definition) is 8. The van der Waals surface area contributed by atoms with E-state index in [1.54, 1.807) is 0 Å². The molecule has 0 atom stereocenters. The van der Waals surface area contributed by atoms with Gasteiger partial charge in [-0.3, -0.25) is 9.59 Å². The number of esters is 4. The lowest BCUT2D eigenvalue weighted by molar-refractivity contribution is 0.0425. The molecule has 49 heavy (non-hydrogen) atoms. The highest BCUT2D eigenvalue weighted by Crippen LogP contribution is 2.32. The molecule has 10 heteroatoms. The number of nitrogens with one attached hydrogen (secondary N) is 2. The van der Waals surface area contributed by atoms with Crippen molar-refractivity contribution in [3.63, 3.8) is 0 Å². The summed E-state index contributed by atoms with van der Waals surface area (Å²) in [5.74, 6) is -3.74. The van der Waals surface area contributed by atoms with Crippen molar-refractivity contribution in [3.05, 3.63) is 129 Å². The van der Waals surface area contributed by atoms with Crippen LogP contribution in [0.2, 0.25) is 0 Å². The van der Waals surface area contributed by atoms with Crippen molar-refractivity contribution in [3.8, 4) is 0 Å². The molecule has 0 saturated carbocycles. The lowest BCUT2D eigenvalue weighted by atomic mass is 9.86. The van der Waals surface area contributed by atoms with Gasteiger partial charge in [0.15, 0.2) is 0 Å². The van der Waals surface area contributed by atoms with E-state index in [0.29, 0.717) is 11.4 Å². The summed E-state index contributed by atoms with van der Waals surface area (Å²) in [7, 11) is 0. The van der Waals surface area contributed by atoms with Crippen LogP contribution in [0.5, 0.6) is 0 Å². The van der Waals surface area contributed by atoms with Crippen molar-refractivity contribution in [1.29, 1.82) is 0 Å². The second-order valence-corrected chi connectivity index (χ2v) is 12.1. The zero-order valence-electron chi connectivity index (χ0n) is 26.9. The van der Waals surface area contributed by atoms with Crippen molar-refractivity contribution in [2.45, 2.75) is 57.8 Å². The van der Waals surface area contributed by atoms with E-state index in [2.05, 4.69) is 27.0 Å². The predicted octanol–water partition coefficient (Wildman–Crippen LogP) is 7.69. The molecule has 0 radical (unpaired) electrons. The van der Waals surface area contributed by atoms with E-state index in [0.717, 1.165) is 30.4 Å². The Bertz CT molecular complexity index is 1830. The summed E-state index contributed by atoms with van der Waals surface area (Å²) in [5.41, 5.74) is 4.19. The van der Waals surface area contributed by atoms with E-state index in [9.17, 15) is 28.8 Å². The Morgan fingerprint density at radius 1 is 0.531 bits per heavy atom. The summed E-state index contributed by atoms with van der Waals surface area (Å²) >= 11 is 0. The number of unbranched alkanes of at least 4 members (excludes halogenated alkanes) is 5. The third kappa shape index (κ3) is 7.33. The van der Waals surface area contributed by atoms with Crippen LogP contribution in [0.3, 0.4) is 0 Å². The van der Waals surface area contributed by atoms with Gasteiger partial charge in [0.1, 0.15) is 0 Å². The van der Waals surface area contributed by atoms with Gasteiger partial charge in [0.2, 0.25) is 0 Å². The van der Waals surface area contributed by atoms with Gasteiger partial charge in [0.05, 0.1) is 22.3 Å². The minimum atomic E-state index is -0.767. The molecule has 2 amide bonds. The van der Waals surface area contributed by atoms with Crippen LogP contribution in [0.4, 0.5) is 11.4 Å². The Morgan fingerprint density at radius 3 is 1.39 bits per heavy atom. The average Bonchev–Trinajstić information content (AvgIpc) is 3.56. The number of anilines is 2. The maximum Gasteiger partial charge on any atom is 0.346 e. The molecular weight excluding hydrogens is 624 g/mol. The average molecular weight is 659 g/mol. The first kappa shape index (κ1) is 33.0. The Labute approximate surface area is 282 Å². The fraction of sp³-hybridized carbons (Fsp3) is 0.231. The SMILES string of the molecule is CCCCCCCCC(c1ccc(NC(=O)c2ccc3c(c2)C(=O)OC3=O)cc1)c1ccc(NC(=O)c2ccc3c(c2)C(=O)OC3=O)cc1. The van der Waals surface area contributed by atoms with E-state index in [-0.39, 0.29) is 39.3 Å². The molecule has 0 aliphatic carbocycles. The van der Waals surface area contributed by atoms with Crippen LogP contribution in [0, 0.1) is 0 Å². The molecule has 2 aliphatic rings. The van der Waals surface area contributed by atoms with Gasteiger partial charge in [-0.25, -0.2) is 19.2 Å². The van der Waals surface area contributed by atoms with Crippen LogP contribution in [0.1, 0.15) is 131 Å². The standard InChI is InChI=1S/C39H34N2O8/c1-2-3-4-5-6-7-8-29(23-9-15-27(16-10-23)40-34(42)25-13-19-30-32(21-25)38(46)48-36(30)44)24-11-17-28(18-12-24)41-35(43)26-14-20-31-33(22-26)39(47)49-37(31)45/h9-22,29H,2-8H2,1H3,(H,40,42)(H,41,43). The van der Waals surface area contributed by atoms with Crippen LogP contribution in [0.15, 0.2) is 84.9 Å². The number of amides is 2. The smallest absolute Gasteiger partial charge is 0.346 e. The number of hydrogen-bond donors (Lipinski definition) is 2. The molecule has 248 valence electrons. The number of ether oxygens (including phenoxy) is 2. The maximum atomic E-state index is 13.0. The zero-order chi connectivity index (χ0) is 34.5. The molecular formula is C39H34N2O8. The van der Waals surface area contributed by atoms with Gasteiger partial charge < -0.3 is 20.1 Å². The summed E-state index contributed by atoms with van der Waals surface area (Å²) in [4.78, 5) is 73.3. The van der Waals surface area contributed by atoms with Gasteiger partial charge in [-0.2, -0.15) is 0 Å². The molecule has 4 aromatic rings. The largest absolute Gasteiger partial charge is 0.386 e. The first-order valence-corrected chi connectivity index (χ1v) is 16.4. The second-order valence-electron chi connectivity index (χ2n) is 12.1. The number of benzene rings is 4. The summed E-state index contributed by atoms with van der Waals surface area (Å²) in [6, 6.07) is 23.8. The first-order valence-electron chi connectivity index (χ1n) is 16.4. The predicted molar refractivity (Wildman–Crippen MR) is 181 cm³/mol. The molecule has 2 N–H and O–H groups in total. The highest BCUT2D eigenvalue weighted by atomic mass is 16.6. The molecule has 10 nitrogen and oxygen atoms in total. The molecule has 2 heterocycles. The Kier molecular flexibility index (Phi) is 9.75. The minimum absolute atomic E-state index is 0.0706. The van der Waals surface area contributed by atoms with E-state index >= 15 is 0 Å². The highest BCUT2D eigenvalue weighted by molar-refractivity contribution is 6.17. The quantitative estimate of drug-likeness (QED) is 0.0845. The van der Waals surface area contributed by atoms with E-state index in [1.165, 1.54) is 62.1 Å². The van der Waals surface area contributed by atoms with E-state index in [4.69, 9.17) is 0 Å². The van der Waals surface area contributed by atoms with Crippen LogP contribution in [-0.2, 0) is 9.47 Å². The van der Waals surface area contributed by atoms with E-state index < -0.39 is 35.7 Å². The topological polar surface area (TPSA) is 145 Å². The van der Waals surface area contributed by atoms with Gasteiger partial charge in [0, 0.05) is 28.4 Å². The van der Waals surface area contributed by atoms with Gasteiger partial charge in [-0.05, 0) is 78.2 Å². The monoisotopic (exact) mass is 658 g/mol. The van der Waals surface area contributed by atoms with Crippen molar-refractivity contribution < 1.29 is 38.2 Å². The molecule has 0 spiro atoms. The fourth-order valence-electron chi connectivity index (χ4n) is 6.11. The van der Waals surface area contributed by atoms with Gasteiger partial charge >= 0.3 is 23.9 Å². The van der Waals surface area contributed by atoms with Gasteiger partial charge in [-0.15, -0.1) is 0 Å². The molecule has 2 aliphatic heterocycles. The maximum absolute atomic E-state index is 13.0. The fourth-order valence-corrected chi connectivity index (χ4v) is 6.11. The Morgan fingerprint density at radius 2 is 0.939 bits per heavy atom. The summed E-state index contributed by atoms with van der Waals surface area (Å²) in [5, 5.41) is 5.70. The first-order chi connectivity index (χ1) is 23.7. The lowest BCUT2D eigenvalue weighted by Gasteiger charge is -2.19. The summed E-state index contributed by atoms with van der Waals surface area (Å²) < 4.78 is 9.24. The summed E-state index contributed by atoms with van der Waals surface area (Å²) in [6.45, 7) is 2.20. The number of cyclic esters (lactones) is 4. The van der Waals surface area contributed by atoms with Crippen LogP contribution in [-0.4, -0.2) is 35.7 Å². The van der Waals surface area contributed by atoms with Crippen molar-refractivity contribution in [2.24, 2.45) is 0 Å². The van der Waals surface area contributed by atoms with Crippen molar-refractivity contribution in [2.75, 3.05) is 10.6 Å². The van der Waals surface area contributed by atoms with Crippen LogP contribution < -0.4 is 10.6 Å². The van der Waals surface area contributed by atoms with Crippen molar-refractivity contribution in [1.82, 2.24) is 0 Å². The number of carbonyl (C=O) groups is 6. The zero-order valence-corrected chi connectivity index (χ0v) is 26.9.